The van der Waals surface area contributed by atoms with Crippen LogP contribution in [0.3, 0.4) is 0 Å². The average Bonchev–Trinajstić information content (AvgIpc) is 2.90. The zero-order chi connectivity index (χ0) is 17.3. The Morgan fingerprint density at radius 2 is 1.92 bits per heavy atom. The number of anilines is 3. The Morgan fingerprint density at radius 1 is 1.24 bits per heavy atom. The van der Waals surface area contributed by atoms with Crippen LogP contribution in [-0.4, -0.2) is 23.3 Å². The molecule has 3 N–H and O–H groups in total. The summed E-state index contributed by atoms with van der Waals surface area (Å²) in [6.45, 7) is 4.53. The number of nitrogens with zero attached hydrogens (tertiary/aromatic N) is 2. The number of rotatable bonds is 3. The number of pyridine rings is 1. The van der Waals surface area contributed by atoms with E-state index in [1.165, 1.54) is 6.20 Å². The van der Waals surface area contributed by atoms with Gasteiger partial charge in [-0.2, -0.15) is 0 Å². The zero-order valence-corrected chi connectivity index (χ0v) is 15.0. The highest BCUT2D eigenvalue weighted by Crippen LogP contribution is 2.27. The molecule has 1 atom stereocenters. The standard InChI is InChI=1S/C18H20N4O2.ClH/c1-11-7-12(2)9-14(8-11)22-6-5-15(18(22)24)17(23)21-13-3-4-16(19)20-10-13;/h3-4,7-10,15H,5-6H2,1-2H3,(H2,19,20)(H,21,23);1H. The molecule has 1 aliphatic rings. The summed E-state index contributed by atoms with van der Waals surface area (Å²) >= 11 is 0. The lowest BCUT2D eigenvalue weighted by molar-refractivity contribution is -0.129. The molecular weight excluding hydrogens is 340 g/mol. The van der Waals surface area contributed by atoms with Crippen LogP contribution in [0.15, 0.2) is 36.5 Å². The summed E-state index contributed by atoms with van der Waals surface area (Å²) in [4.78, 5) is 30.7. The quantitative estimate of drug-likeness (QED) is 0.824. The summed E-state index contributed by atoms with van der Waals surface area (Å²) in [6.07, 6.45) is 1.98. The monoisotopic (exact) mass is 360 g/mol. The fourth-order valence-corrected chi connectivity index (χ4v) is 2.99. The highest BCUT2D eigenvalue weighted by Gasteiger charge is 2.37. The molecular formula is C18H21ClN4O2. The van der Waals surface area contributed by atoms with Crippen molar-refractivity contribution >= 4 is 41.4 Å². The van der Waals surface area contributed by atoms with Gasteiger partial charge in [0.05, 0.1) is 11.9 Å². The molecule has 6 nitrogen and oxygen atoms in total. The lowest BCUT2D eigenvalue weighted by Gasteiger charge is -2.18. The van der Waals surface area contributed by atoms with Crippen LogP contribution in [0.2, 0.25) is 0 Å². The number of halogens is 1. The second kappa shape index (κ2) is 7.53. The Kier molecular flexibility index (Phi) is 5.64. The average molecular weight is 361 g/mol. The molecule has 2 amide bonds. The first-order chi connectivity index (χ1) is 11.4. The Balaban J connectivity index is 0.00000225. The van der Waals surface area contributed by atoms with E-state index >= 15 is 0 Å². The first-order valence-electron chi connectivity index (χ1n) is 7.86. The van der Waals surface area contributed by atoms with Crippen molar-refractivity contribution in [2.24, 2.45) is 5.92 Å². The van der Waals surface area contributed by atoms with Gasteiger partial charge in [0.15, 0.2) is 0 Å². The van der Waals surface area contributed by atoms with Crippen LogP contribution < -0.4 is 16.0 Å². The van der Waals surface area contributed by atoms with Crippen molar-refractivity contribution in [3.63, 3.8) is 0 Å². The summed E-state index contributed by atoms with van der Waals surface area (Å²) in [7, 11) is 0. The van der Waals surface area contributed by atoms with Gasteiger partial charge in [-0.1, -0.05) is 6.07 Å². The number of aryl methyl sites for hydroxylation is 2. The number of aromatic nitrogens is 1. The van der Waals surface area contributed by atoms with E-state index in [4.69, 9.17) is 5.73 Å². The molecule has 1 aliphatic heterocycles. The molecule has 0 radical (unpaired) electrons. The Bertz CT molecular complexity index is 772. The highest BCUT2D eigenvalue weighted by molar-refractivity contribution is 6.13. The predicted octanol–water partition coefficient (Wildman–Crippen LogP) is 2.69. The third-order valence-electron chi connectivity index (χ3n) is 4.09. The minimum absolute atomic E-state index is 0. The number of nitrogen functional groups attached to an aromatic ring is 1. The maximum atomic E-state index is 12.6. The van der Waals surface area contributed by atoms with Gasteiger partial charge in [-0.25, -0.2) is 4.98 Å². The molecule has 0 saturated carbocycles. The van der Waals surface area contributed by atoms with Gasteiger partial charge >= 0.3 is 0 Å². The van der Waals surface area contributed by atoms with Gasteiger partial charge in [0.25, 0.3) is 0 Å². The molecule has 0 spiro atoms. The van der Waals surface area contributed by atoms with Crippen LogP contribution in [-0.2, 0) is 9.59 Å². The molecule has 1 saturated heterocycles. The van der Waals surface area contributed by atoms with E-state index in [-0.39, 0.29) is 24.2 Å². The van der Waals surface area contributed by atoms with Gasteiger partial charge in [-0.15, -0.1) is 12.4 Å². The normalized spacial score (nSPS) is 16.5. The number of hydrogen-bond acceptors (Lipinski definition) is 4. The number of benzene rings is 1. The molecule has 0 aliphatic carbocycles. The van der Waals surface area contributed by atoms with Crippen LogP contribution in [0.4, 0.5) is 17.2 Å². The highest BCUT2D eigenvalue weighted by atomic mass is 35.5. The number of carbonyl (C=O) groups excluding carboxylic acids is 2. The second-order valence-electron chi connectivity index (χ2n) is 6.14. The van der Waals surface area contributed by atoms with E-state index in [1.54, 1.807) is 17.0 Å². The van der Waals surface area contributed by atoms with Crippen molar-refractivity contribution in [2.45, 2.75) is 20.3 Å². The van der Waals surface area contributed by atoms with Crippen molar-refractivity contribution in [3.8, 4) is 0 Å². The van der Waals surface area contributed by atoms with Gasteiger partial charge in [0.2, 0.25) is 11.8 Å². The van der Waals surface area contributed by atoms with Gasteiger partial charge in [-0.3, -0.25) is 9.59 Å². The van der Waals surface area contributed by atoms with Gasteiger partial charge in [0, 0.05) is 12.2 Å². The topological polar surface area (TPSA) is 88.3 Å². The SMILES string of the molecule is Cc1cc(C)cc(N2CCC(C(=O)Nc3ccc(N)nc3)C2=O)c1.Cl. The lowest BCUT2D eigenvalue weighted by atomic mass is 10.1. The minimum atomic E-state index is -0.677. The summed E-state index contributed by atoms with van der Waals surface area (Å²) in [5.74, 6) is -0.770. The van der Waals surface area contributed by atoms with Crippen LogP contribution in [0.25, 0.3) is 0 Å². The number of hydrogen-bond donors (Lipinski definition) is 2. The van der Waals surface area contributed by atoms with E-state index < -0.39 is 5.92 Å². The number of nitrogens with two attached hydrogens (primary N) is 1. The van der Waals surface area contributed by atoms with Crippen molar-refractivity contribution in [2.75, 3.05) is 22.5 Å². The fourth-order valence-electron chi connectivity index (χ4n) is 2.99. The van der Waals surface area contributed by atoms with Crippen molar-refractivity contribution in [1.29, 1.82) is 0 Å². The first kappa shape index (κ1) is 18.7. The Hall–Kier alpha value is -2.60. The molecule has 3 rings (SSSR count). The summed E-state index contributed by atoms with van der Waals surface area (Å²) in [5, 5.41) is 2.73. The van der Waals surface area contributed by atoms with E-state index in [0.717, 1.165) is 16.8 Å². The Morgan fingerprint density at radius 3 is 2.52 bits per heavy atom. The third kappa shape index (κ3) is 4.09. The number of amides is 2. The van der Waals surface area contributed by atoms with Crippen LogP contribution in [0.5, 0.6) is 0 Å². The number of nitrogens with one attached hydrogen (secondary N) is 1. The van der Waals surface area contributed by atoms with E-state index in [2.05, 4.69) is 16.4 Å². The molecule has 1 unspecified atom stereocenters. The molecule has 7 heteroatoms. The summed E-state index contributed by atoms with van der Waals surface area (Å²) < 4.78 is 0. The second-order valence-corrected chi connectivity index (χ2v) is 6.14. The fraction of sp³-hybridized carbons (Fsp3) is 0.278. The molecule has 132 valence electrons. The predicted molar refractivity (Wildman–Crippen MR) is 101 cm³/mol. The van der Waals surface area contributed by atoms with E-state index in [1.807, 2.05) is 26.0 Å². The summed E-state index contributed by atoms with van der Waals surface area (Å²) in [6, 6.07) is 9.27. The maximum absolute atomic E-state index is 12.6. The van der Waals surface area contributed by atoms with Crippen LogP contribution in [0, 0.1) is 19.8 Å². The van der Waals surface area contributed by atoms with Crippen LogP contribution in [0.1, 0.15) is 17.5 Å². The molecule has 25 heavy (non-hydrogen) atoms. The lowest BCUT2D eigenvalue weighted by Crippen LogP contribution is -2.33. The molecule has 0 bridgehead atoms. The number of carbonyl (C=O) groups is 2. The van der Waals surface area contributed by atoms with Gasteiger partial charge < -0.3 is 16.0 Å². The van der Waals surface area contributed by atoms with Crippen molar-refractivity contribution in [3.05, 3.63) is 47.7 Å². The van der Waals surface area contributed by atoms with E-state index in [0.29, 0.717) is 24.5 Å². The van der Waals surface area contributed by atoms with Crippen LogP contribution >= 0.6 is 12.4 Å². The first-order valence-corrected chi connectivity index (χ1v) is 7.86. The van der Waals surface area contributed by atoms with Gasteiger partial charge in [-0.05, 0) is 55.7 Å². The van der Waals surface area contributed by atoms with E-state index in [9.17, 15) is 9.59 Å². The maximum Gasteiger partial charge on any atom is 0.239 e. The Labute approximate surface area is 152 Å². The smallest absolute Gasteiger partial charge is 0.239 e. The molecule has 2 aromatic rings. The minimum Gasteiger partial charge on any atom is -0.384 e. The molecule has 2 heterocycles. The molecule has 1 aromatic heterocycles. The zero-order valence-electron chi connectivity index (χ0n) is 14.2. The molecule has 1 aromatic carbocycles. The largest absolute Gasteiger partial charge is 0.384 e. The molecule has 1 fully saturated rings. The summed E-state index contributed by atoms with van der Waals surface area (Å²) in [5.41, 5.74) is 9.10. The van der Waals surface area contributed by atoms with Gasteiger partial charge in [0.1, 0.15) is 11.7 Å². The third-order valence-corrected chi connectivity index (χ3v) is 4.09. The van der Waals surface area contributed by atoms with Crippen molar-refractivity contribution in [1.82, 2.24) is 4.98 Å². The van der Waals surface area contributed by atoms with Crippen molar-refractivity contribution < 1.29 is 9.59 Å².